The predicted octanol–water partition coefficient (Wildman–Crippen LogP) is 4.35. The van der Waals surface area contributed by atoms with Crippen molar-refractivity contribution in [2.45, 2.75) is 26.3 Å². The minimum Gasteiger partial charge on any atom is -0.373 e. The average molecular weight is 363 g/mol. The van der Waals surface area contributed by atoms with E-state index in [-0.39, 0.29) is 18.2 Å². The number of para-hydroxylation sites is 1. The molecular formula is C18H16Cl2N2O2. The van der Waals surface area contributed by atoms with Crippen LogP contribution in [0.3, 0.4) is 0 Å². The van der Waals surface area contributed by atoms with Gasteiger partial charge >= 0.3 is 0 Å². The molecule has 0 saturated carbocycles. The topological polar surface area (TPSA) is 49.4 Å². The molecule has 1 atom stereocenters. The molecule has 0 radical (unpaired) electrons. The Balaban J connectivity index is 1.88. The van der Waals surface area contributed by atoms with Gasteiger partial charge < -0.3 is 5.32 Å². The number of benzene rings is 2. The van der Waals surface area contributed by atoms with Gasteiger partial charge in [-0.05, 0) is 43.2 Å². The second kappa shape index (κ2) is 6.46. The zero-order chi connectivity index (χ0) is 17.4. The lowest BCUT2D eigenvalue weighted by molar-refractivity contribution is -0.121. The Morgan fingerprint density at radius 1 is 1.04 bits per heavy atom. The van der Waals surface area contributed by atoms with Gasteiger partial charge in [0.2, 0.25) is 5.91 Å². The summed E-state index contributed by atoms with van der Waals surface area (Å²) in [4.78, 5) is 26.2. The fourth-order valence-electron chi connectivity index (χ4n) is 2.86. The van der Waals surface area contributed by atoms with Gasteiger partial charge in [-0.1, -0.05) is 41.4 Å². The van der Waals surface area contributed by atoms with Gasteiger partial charge in [0, 0.05) is 5.69 Å². The van der Waals surface area contributed by atoms with E-state index in [1.807, 2.05) is 32.0 Å². The summed E-state index contributed by atoms with van der Waals surface area (Å²) in [6.07, 6.45) is 0.104. The summed E-state index contributed by atoms with van der Waals surface area (Å²) in [5, 5.41) is 3.90. The molecule has 0 unspecified atom stereocenters. The Morgan fingerprint density at radius 2 is 1.71 bits per heavy atom. The number of nitrogens with zero attached hydrogens (tertiary/aromatic N) is 1. The van der Waals surface area contributed by atoms with E-state index in [4.69, 9.17) is 23.2 Å². The first kappa shape index (κ1) is 16.8. The van der Waals surface area contributed by atoms with E-state index in [0.717, 1.165) is 21.7 Å². The fraction of sp³-hybridized carbons (Fsp3) is 0.222. The van der Waals surface area contributed by atoms with Gasteiger partial charge in [0.05, 0.1) is 22.2 Å². The molecule has 124 valence electrons. The minimum absolute atomic E-state index is 0.104. The van der Waals surface area contributed by atoms with Gasteiger partial charge in [-0.3, -0.25) is 9.59 Å². The first-order valence-electron chi connectivity index (χ1n) is 7.53. The number of hydrogen-bond donors (Lipinski definition) is 1. The maximum absolute atomic E-state index is 12.7. The van der Waals surface area contributed by atoms with Gasteiger partial charge in [-0.25, -0.2) is 4.90 Å². The molecule has 1 aliphatic rings. The number of halogens is 2. The molecule has 0 bridgehead atoms. The Kier molecular flexibility index (Phi) is 4.52. The van der Waals surface area contributed by atoms with Crippen molar-refractivity contribution in [3.05, 3.63) is 57.6 Å². The molecule has 6 heteroatoms. The molecule has 2 amide bonds. The summed E-state index contributed by atoms with van der Waals surface area (Å²) < 4.78 is 0. The normalized spacial score (nSPS) is 17.5. The fourth-order valence-corrected chi connectivity index (χ4v) is 3.15. The number of anilines is 2. The first-order chi connectivity index (χ1) is 11.4. The van der Waals surface area contributed by atoms with Crippen LogP contribution in [0.5, 0.6) is 0 Å². The molecule has 24 heavy (non-hydrogen) atoms. The highest BCUT2D eigenvalue weighted by molar-refractivity contribution is 6.42. The third-order valence-electron chi connectivity index (χ3n) is 4.11. The zero-order valence-corrected chi connectivity index (χ0v) is 14.8. The van der Waals surface area contributed by atoms with E-state index in [1.165, 1.54) is 6.07 Å². The molecule has 2 aromatic rings. The van der Waals surface area contributed by atoms with Gasteiger partial charge in [-0.2, -0.15) is 0 Å². The number of carbonyl (C=O) groups is 2. The highest BCUT2D eigenvalue weighted by Gasteiger charge is 2.40. The predicted molar refractivity (Wildman–Crippen MR) is 96.9 cm³/mol. The molecule has 1 heterocycles. The molecule has 1 N–H and O–H groups in total. The summed E-state index contributed by atoms with van der Waals surface area (Å²) >= 11 is 11.9. The summed E-state index contributed by atoms with van der Waals surface area (Å²) in [5.41, 5.74) is 3.39. The number of imide groups is 1. The third kappa shape index (κ3) is 2.99. The molecule has 2 aromatic carbocycles. The molecule has 1 fully saturated rings. The van der Waals surface area contributed by atoms with E-state index < -0.39 is 6.04 Å². The van der Waals surface area contributed by atoms with Crippen LogP contribution in [0.1, 0.15) is 17.5 Å². The van der Waals surface area contributed by atoms with Crippen molar-refractivity contribution in [1.29, 1.82) is 0 Å². The summed E-state index contributed by atoms with van der Waals surface area (Å²) in [6, 6.07) is 10.0. The van der Waals surface area contributed by atoms with Crippen molar-refractivity contribution in [1.82, 2.24) is 0 Å². The molecule has 4 nitrogen and oxygen atoms in total. The number of amides is 2. The van der Waals surface area contributed by atoms with Crippen LogP contribution < -0.4 is 10.2 Å². The van der Waals surface area contributed by atoms with E-state index in [1.54, 1.807) is 12.1 Å². The molecular weight excluding hydrogens is 347 g/mol. The number of aryl methyl sites for hydroxylation is 2. The highest BCUT2D eigenvalue weighted by atomic mass is 35.5. The van der Waals surface area contributed by atoms with Gasteiger partial charge in [0.1, 0.15) is 6.04 Å². The second-order valence-electron chi connectivity index (χ2n) is 5.83. The third-order valence-corrected chi connectivity index (χ3v) is 4.85. The van der Waals surface area contributed by atoms with Crippen molar-refractivity contribution < 1.29 is 9.59 Å². The maximum atomic E-state index is 12.7. The summed E-state index contributed by atoms with van der Waals surface area (Å²) in [7, 11) is 0. The number of rotatable bonds is 3. The summed E-state index contributed by atoms with van der Waals surface area (Å²) in [5.74, 6) is -0.553. The van der Waals surface area contributed by atoms with Crippen LogP contribution in [0, 0.1) is 13.8 Å². The number of hydrogen-bond acceptors (Lipinski definition) is 3. The van der Waals surface area contributed by atoms with Crippen molar-refractivity contribution in [3.8, 4) is 0 Å². The zero-order valence-electron chi connectivity index (χ0n) is 13.3. The number of nitrogens with one attached hydrogen (secondary N) is 1. The Hall–Kier alpha value is -2.04. The van der Waals surface area contributed by atoms with Gasteiger partial charge in [-0.15, -0.1) is 0 Å². The van der Waals surface area contributed by atoms with Crippen LogP contribution in [0.4, 0.5) is 11.4 Å². The van der Waals surface area contributed by atoms with Crippen LogP contribution in [-0.4, -0.2) is 17.9 Å². The monoisotopic (exact) mass is 362 g/mol. The molecule has 1 aliphatic heterocycles. The lowest BCUT2D eigenvalue weighted by Crippen LogP contribution is -2.35. The summed E-state index contributed by atoms with van der Waals surface area (Å²) in [6.45, 7) is 3.93. The van der Waals surface area contributed by atoms with Crippen molar-refractivity contribution >= 4 is 46.4 Å². The largest absolute Gasteiger partial charge is 0.373 e. The molecule has 1 saturated heterocycles. The number of carbonyl (C=O) groups excluding carboxylic acids is 2. The average Bonchev–Trinajstić information content (AvgIpc) is 2.80. The Morgan fingerprint density at radius 3 is 2.33 bits per heavy atom. The van der Waals surface area contributed by atoms with Crippen molar-refractivity contribution in [2.75, 3.05) is 10.2 Å². The van der Waals surface area contributed by atoms with E-state index in [2.05, 4.69) is 5.32 Å². The van der Waals surface area contributed by atoms with Crippen LogP contribution >= 0.6 is 23.2 Å². The lowest BCUT2D eigenvalue weighted by Gasteiger charge is -2.18. The molecule has 0 aliphatic carbocycles. The Bertz CT molecular complexity index is 816. The second-order valence-corrected chi connectivity index (χ2v) is 6.65. The molecule has 3 rings (SSSR count). The minimum atomic E-state index is -0.591. The quantitative estimate of drug-likeness (QED) is 0.825. The SMILES string of the molecule is Cc1cccc(C)c1N[C@H]1CC(=O)N(c2ccc(Cl)c(Cl)c2)C1=O. The first-order valence-corrected chi connectivity index (χ1v) is 8.28. The van der Waals surface area contributed by atoms with Crippen LogP contribution in [-0.2, 0) is 9.59 Å². The van der Waals surface area contributed by atoms with Gasteiger partial charge in [0.25, 0.3) is 5.91 Å². The molecule has 0 spiro atoms. The molecule has 0 aromatic heterocycles. The highest BCUT2D eigenvalue weighted by Crippen LogP contribution is 2.31. The van der Waals surface area contributed by atoms with Crippen molar-refractivity contribution in [2.24, 2.45) is 0 Å². The van der Waals surface area contributed by atoms with Gasteiger partial charge in [0.15, 0.2) is 0 Å². The van der Waals surface area contributed by atoms with Crippen molar-refractivity contribution in [3.63, 3.8) is 0 Å². The van der Waals surface area contributed by atoms with E-state index in [9.17, 15) is 9.59 Å². The Labute approximate surface area is 150 Å². The lowest BCUT2D eigenvalue weighted by atomic mass is 10.1. The smallest absolute Gasteiger partial charge is 0.256 e. The maximum Gasteiger partial charge on any atom is 0.256 e. The van der Waals surface area contributed by atoms with Crippen LogP contribution in [0.15, 0.2) is 36.4 Å². The van der Waals surface area contributed by atoms with Crippen LogP contribution in [0.25, 0.3) is 0 Å². The standard InChI is InChI=1S/C18H16Cl2N2O2/c1-10-4-3-5-11(2)17(10)21-15-9-16(23)22(18(15)24)12-6-7-13(19)14(20)8-12/h3-8,15,21H,9H2,1-2H3/t15-/m0/s1. The van der Waals surface area contributed by atoms with Crippen LogP contribution in [0.2, 0.25) is 10.0 Å². The van der Waals surface area contributed by atoms with E-state index >= 15 is 0 Å². The van der Waals surface area contributed by atoms with E-state index in [0.29, 0.717) is 15.7 Å².